The van der Waals surface area contributed by atoms with Crippen LogP contribution in [-0.2, 0) is 5.41 Å². The quantitative estimate of drug-likeness (QED) is 0.853. The van der Waals surface area contributed by atoms with Crippen molar-refractivity contribution in [2.45, 2.75) is 24.4 Å². The number of benzene rings is 2. The van der Waals surface area contributed by atoms with Crippen molar-refractivity contribution < 1.29 is 4.74 Å². The van der Waals surface area contributed by atoms with E-state index in [0.29, 0.717) is 0 Å². The minimum Gasteiger partial charge on any atom is -0.484 e. The zero-order valence-corrected chi connectivity index (χ0v) is 11.5. The summed E-state index contributed by atoms with van der Waals surface area (Å²) in [7, 11) is 0. The van der Waals surface area contributed by atoms with E-state index in [-0.39, 0.29) is 11.5 Å². The third-order valence-corrected chi connectivity index (χ3v) is 4.77. The third kappa shape index (κ3) is 1.68. The van der Waals surface area contributed by atoms with Crippen molar-refractivity contribution in [2.75, 3.05) is 13.1 Å². The van der Waals surface area contributed by atoms with Gasteiger partial charge in [-0.15, -0.1) is 0 Å². The van der Waals surface area contributed by atoms with Gasteiger partial charge in [-0.2, -0.15) is 0 Å². The number of hydrogen-bond donors (Lipinski definition) is 1. The first kappa shape index (κ1) is 12.0. The second kappa shape index (κ2) is 4.64. The summed E-state index contributed by atoms with van der Waals surface area (Å²) in [4.78, 5) is 0. The highest BCUT2D eigenvalue weighted by Gasteiger charge is 2.49. The molecule has 4 rings (SSSR count). The Labute approximate surface area is 119 Å². The van der Waals surface area contributed by atoms with Gasteiger partial charge in [0.05, 0.1) is 0 Å². The van der Waals surface area contributed by atoms with Gasteiger partial charge in [-0.05, 0) is 37.6 Å². The van der Waals surface area contributed by atoms with Crippen molar-refractivity contribution in [3.63, 3.8) is 0 Å². The molecule has 2 heterocycles. The molecule has 1 unspecified atom stereocenters. The molecular formula is C18H19NO. The summed E-state index contributed by atoms with van der Waals surface area (Å²) in [5, 5.41) is 3.48. The van der Waals surface area contributed by atoms with E-state index in [1.807, 2.05) is 0 Å². The molecule has 0 amide bonds. The molecule has 0 aromatic heterocycles. The fraction of sp³-hybridized carbons (Fsp3) is 0.333. The van der Waals surface area contributed by atoms with Crippen LogP contribution in [0.25, 0.3) is 0 Å². The lowest BCUT2D eigenvalue weighted by molar-refractivity contribution is 0.119. The molecule has 2 aromatic rings. The second-order valence-electron chi connectivity index (χ2n) is 5.81. The van der Waals surface area contributed by atoms with Crippen LogP contribution in [0, 0.1) is 0 Å². The minimum absolute atomic E-state index is 0.142. The number of ether oxygens (including phenoxy) is 1. The van der Waals surface area contributed by atoms with Crippen LogP contribution in [0.4, 0.5) is 0 Å². The van der Waals surface area contributed by atoms with E-state index >= 15 is 0 Å². The van der Waals surface area contributed by atoms with Crippen molar-refractivity contribution >= 4 is 0 Å². The summed E-state index contributed by atoms with van der Waals surface area (Å²) >= 11 is 0. The highest BCUT2D eigenvalue weighted by atomic mass is 16.5. The maximum Gasteiger partial charge on any atom is 0.134 e. The normalized spacial score (nSPS) is 23.3. The fourth-order valence-corrected chi connectivity index (χ4v) is 3.78. The Morgan fingerprint density at radius 2 is 1.60 bits per heavy atom. The van der Waals surface area contributed by atoms with Crippen molar-refractivity contribution in [3.8, 4) is 5.75 Å². The number of fused-ring (bicyclic) bond motifs is 2. The molecule has 1 atom stereocenters. The largest absolute Gasteiger partial charge is 0.484 e. The van der Waals surface area contributed by atoms with Crippen molar-refractivity contribution in [3.05, 3.63) is 65.7 Å². The van der Waals surface area contributed by atoms with Crippen molar-refractivity contribution in [1.82, 2.24) is 5.32 Å². The maximum absolute atomic E-state index is 6.36. The Kier molecular flexibility index (Phi) is 2.78. The number of piperidine rings is 1. The lowest BCUT2D eigenvalue weighted by Gasteiger charge is -2.38. The number of nitrogens with one attached hydrogen (secondary N) is 1. The molecule has 2 aliphatic heterocycles. The van der Waals surface area contributed by atoms with E-state index in [1.165, 1.54) is 11.1 Å². The molecule has 1 N–H and O–H groups in total. The number of para-hydroxylation sites is 1. The van der Waals surface area contributed by atoms with Crippen LogP contribution in [0.2, 0.25) is 0 Å². The molecule has 2 heteroatoms. The zero-order valence-electron chi connectivity index (χ0n) is 11.5. The highest BCUT2D eigenvalue weighted by Crippen LogP contribution is 2.54. The van der Waals surface area contributed by atoms with E-state index < -0.39 is 0 Å². The van der Waals surface area contributed by atoms with E-state index in [9.17, 15) is 0 Å². The van der Waals surface area contributed by atoms with E-state index in [0.717, 1.165) is 31.7 Å². The summed E-state index contributed by atoms with van der Waals surface area (Å²) in [6.45, 7) is 2.14. The molecular weight excluding hydrogens is 246 g/mol. The van der Waals surface area contributed by atoms with Gasteiger partial charge < -0.3 is 10.1 Å². The Morgan fingerprint density at radius 1 is 0.900 bits per heavy atom. The summed E-state index contributed by atoms with van der Waals surface area (Å²) in [5.74, 6) is 1.07. The summed E-state index contributed by atoms with van der Waals surface area (Å²) in [6, 6.07) is 19.3. The Balaban J connectivity index is 1.84. The first-order valence-electron chi connectivity index (χ1n) is 7.42. The molecule has 0 radical (unpaired) electrons. The lowest BCUT2D eigenvalue weighted by atomic mass is 9.68. The SMILES string of the molecule is c1ccc(C2Oc3ccccc3C23CCNCC3)cc1. The Hall–Kier alpha value is -1.80. The highest BCUT2D eigenvalue weighted by molar-refractivity contribution is 5.48. The fourth-order valence-electron chi connectivity index (χ4n) is 3.78. The smallest absolute Gasteiger partial charge is 0.134 e. The van der Waals surface area contributed by atoms with Crippen LogP contribution in [0.3, 0.4) is 0 Å². The van der Waals surface area contributed by atoms with Crippen LogP contribution in [0.15, 0.2) is 54.6 Å². The van der Waals surface area contributed by atoms with Crippen LogP contribution in [0.5, 0.6) is 5.75 Å². The molecule has 1 saturated heterocycles. The van der Waals surface area contributed by atoms with E-state index in [4.69, 9.17) is 4.74 Å². The van der Waals surface area contributed by atoms with Gasteiger partial charge in [0.25, 0.3) is 0 Å². The van der Waals surface area contributed by atoms with Crippen LogP contribution in [0.1, 0.15) is 30.1 Å². The predicted molar refractivity (Wildman–Crippen MR) is 80.0 cm³/mol. The predicted octanol–water partition coefficient (Wildman–Crippen LogP) is 3.44. The maximum atomic E-state index is 6.36. The average molecular weight is 265 g/mol. The molecule has 2 aromatic carbocycles. The van der Waals surface area contributed by atoms with Gasteiger partial charge in [-0.3, -0.25) is 0 Å². The van der Waals surface area contributed by atoms with E-state index in [1.54, 1.807) is 0 Å². The molecule has 0 aliphatic carbocycles. The number of hydrogen-bond acceptors (Lipinski definition) is 2. The summed E-state index contributed by atoms with van der Waals surface area (Å²) in [6.07, 6.45) is 2.44. The van der Waals surface area contributed by atoms with Gasteiger partial charge in [0, 0.05) is 11.0 Å². The first-order chi connectivity index (χ1) is 9.90. The zero-order chi connectivity index (χ0) is 13.4. The van der Waals surface area contributed by atoms with Crippen molar-refractivity contribution in [2.24, 2.45) is 0 Å². The molecule has 1 fully saturated rings. The molecule has 1 spiro atoms. The Morgan fingerprint density at radius 3 is 2.40 bits per heavy atom. The Bertz CT molecular complexity index is 602. The summed E-state index contributed by atoms with van der Waals surface area (Å²) < 4.78 is 6.36. The molecule has 2 nitrogen and oxygen atoms in total. The minimum atomic E-state index is 0.142. The van der Waals surface area contributed by atoms with Crippen LogP contribution >= 0.6 is 0 Å². The van der Waals surface area contributed by atoms with Gasteiger partial charge in [0.15, 0.2) is 0 Å². The van der Waals surface area contributed by atoms with Crippen LogP contribution < -0.4 is 10.1 Å². The standard InChI is InChI=1S/C18H19NO/c1-2-6-14(7-3-1)17-18(10-12-19-13-11-18)15-8-4-5-9-16(15)20-17/h1-9,17,19H,10-13H2. The van der Waals surface area contributed by atoms with Gasteiger partial charge in [-0.1, -0.05) is 48.5 Å². The third-order valence-electron chi connectivity index (χ3n) is 4.77. The topological polar surface area (TPSA) is 21.3 Å². The molecule has 0 bridgehead atoms. The first-order valence-corrected chi connectivity index (χ1v) is 7.42. The molecule has 2 aliphatic rings. The lowest BCUT2D eigenvalue weighted by Crippen LogP contribution is -2.42. The van der Waals surface area contributed by atoms with E-state index in [2.05, 4.69) is 59.9 Å². The summed E-state index contributed by atoms with van der Waals surface area (Å²) in [5.41, 5.74) is 2.84. The molecule has 102 valence electrons. The van der Waals surface area contributed by atoms with Gasteiger partial charge in [-0.25, -0.2) is 0 Å². The molecule has 20 heavy (non-hydrogen) atoms. The van der Waals surface area contributed by atoms with Crippen molar-refractivity contribution in [1.29, 1.82) is 0 Å². The second-order valence-corrected chi connectivity index (χ2v) is 5.81. The van der Waals surface area contributed by atoms with Crippen LogP contribution in [-0.4, -0.2) is 13.1 Å². The average Bonchev–Trinajstić information content (AvgIpc) is 2.84. The molecule has 0 saturated carbocycles. The monoisotopic (exact) mass is 265 g/mol. The van der Waals surface area contributed by atoms with Gasteiger partial charge >= 0.3 is 0 Å². The van der Waals surface area contributed by atoms with Gasteiger partial charge in [0.2, 0.25) is 0 Å². The van der Waals surface area contributed by atoms with Gasteiger partial charge in [0.1, 0.15) is 11.9 Å². The number of rotatable bonds is 1.